The van der Waals surface area contributed by atoms with Crippen LogP contribution >= 0.6 is 11.3 Å². The topological polar surface area (TPSA) is 128 Å². The predicted molar refractivity (Wildman–Crippen MR) is 148 cm³/mol. The second kappa shape index (κ2) is 10.7. The van der Waals surface area contributed by atoms with Gasteiger partial charge in [0.25, 0.3) is 10.0 Å². The minimum absolute atomic E-state index is 0.0480. The lowest BCUT2D eigenvalue weighted by atomic mass is 10.1. The predicted octanol–water partition coefficient (Wildman–Crippen LogP) is 4.96. The van der Waals surface area contributed by atoms with E-state index >= 15 is 0 Å². The molecule has 1 aliphatic rings. The first kappa shape index (κ1) is 28.4. The zero-order valence-corrected chi connectivity index (χ0v) is 24.1. The maximum atomic E-state index is 14.2. The number of carbonyl (C=O) groups is 1. The van der Waals surface area contributed by atoms with Gasteiger partial charge in [-0.05, 0) is 51.0 Å². The number of rotatable bonds is 6. The summed E-state index contributed by atoms with van der Waals surface area (Å²) >= 11 is 1.26. The van der Waals surface area contributed by atoms with Crippen molar-refractivity contribution >= 4 is 43.7 Å². The molecule has 0 fully saturated rings. The number of nitrogens with zero attached hydrogens (tertiary/aromatic N) is 5. The number of ether oxygens (including phenoxy) is 2. The lowest BCUT2D eigenvalue weighted by molar-refractivity contribution is 0.0270. The maximum Gasteiger partial charge on any atom is 0.410 e. The summed E-state index contributed by atoms with van der Waals surface area (Å²) in [5.41, 5.74) is 1.57. The molecule has 5 rings (SSSR count). The normalized spacial score (nSPS) is 14.2. The molecule has 1 aliphatic heterocycles. The van der Waals surface area contributed by atoms with Crippen LogP contribution in [0, 0.1) is 11.6 Å². The van der Waals surface area contributed by atoms with Crippen molar-refractivity contribution in [3.05, 3.63) is 60.1 Å². The molecule has 1 aromatic carbocycles. The Kier molecular flexibility index (Phi) is 7.42. The fourth-order valence-corrected chi connectivity index (χ4v) is 6.03. The van der Waals surface area contributed by atoms with Gasteiger partial charge in [-0.3, -0.25) is 4.72 Å². The van der Waals surface area contributed by atoms with Gasteiger partial charge < -0.3 is 14.4 Å². The van der Waals surface area contributed by atoms with Crippen molar-refractivity contribution in [2.24, 2.45) is 0 Å². The van der Waals surface area contributed by atoms with Gasteiger partial charge in [0.15, 0.2) is 0 Å². The van der Waals surface area contributed by atoms with Crippen molar-refractivity contribution in [2.45, 2.75) is 37.7 Å². The fraction of sp³-hybridized carbons (Fsp3) is 0.308. The Labute approximate surface area is 238 Å². The molecule has 1 amide bonds. The number of aromatic nitrogens is 4. The van der Waals surface area contributed by atoms with E-state index in [0.717, 1.165) is 23.4 Å². The summed E-state index contributed by atoms with van der Waals surface area (Å²) in [5, 5.41) is 5.05. The van der Waals surface area contributed by atoms with Crippen LogP contribution in [0.25, 0.3) is 21.1 Å². The summed E-state index contributed by atoms with van der Waals surface area (Å²) in [6, 6.07) is 3.63. The number of imidazole rings is 1. The van der Waals surface area contributed by atoms with E-state index in [1.54, 1.807) is 15.6 Å². The Hall–Kier alpha value is -4.11. The quantitative estimate of drug-likeness (QED) is 0.327. The molecule has 0 spiro atoms. The number of fused-ring (bicyclic) bond motifs is 1. The number of hydrogen-bond acceptors (Lipinski definition) is 9. The molecular formula is C26H26F2N6O5S2. The molecule has 0 saturated carbocycles. The van der Waals surface area contributed by atoms with E-state index in [2.05, 4.69) is 19.8 Å². The fourth-order valence-electron chi connectivity index (χ4n) is 4.06. The van der Waals surface area contributed by atoms with Crippen molar-refractivity contribution in [1.82, 2.24) is 24.5 Å². The largest absolute Gasteiger partial charge is 0.480 e. The molecule has 41 heavy (non-hydrogen) atoms. The number of anilines is 1. The molecule has 4 heterocycles. The molecule has 0 atom stereocenters. The van der Waals surface area contributed by atoms with Crippen LogP contribution in [0.15, 0.2) is 47.6 Å². The number of carbonyl (C=O) groups excluding carboxylic acids is 1. The van der Waals surface area contributed by atoms with Crippen LogP contribution in [0.1, 0.15) is 32.9 Å². The maximum absolute atomic E-state index is 14.2. The van der Waals surface area contributed by atoms with Gasteiger partial charge in [-0.25, -0.2) is 36.5 Å². The van der Waals surface area contributed by atoms with Gasteiger partial charge in [-0.1, -0.05) is 17.4 Å². The summed E-state index contributed by atoms with van der Waals surface area (Å²) in [6.45, 7) is 6.39. The molecule has 0 saturated heterocycles. The van der Waals surface area contributed by atoms with Gasteiger partial charge >= 0.3 is 6.09 Å². The van der Waals surface area contributed by atoms with E-state index in [4.69, 9.17) is 9.47 Å². The highest BCUT2D eigenvalue weighted by Gasteiger charge is 2.26. The number of methoxy groups -OCH3 is 1. The highest BCUT2D eigenvalue weighted by Crippen LogP contribution is 2.33. The van der Waals surface area contributed by atoms with E-state index in [1.807, 2.05) is 26.8 Å². The lowest BCUT2D eigenvalue weighted by Gasteiger charge is -2.29. The second-order valence-electron chi connectivity index (χ2n) is 10.1. The number of sulfonamides is 1. The highest BCUT2D eigenvalue weighted by molar-refractivity contribution is 7.92. The first-order chi connectivity index (χ1) is 19.3. The first-order valence-electron chi connectivity index (χ1n) is 12.4. The monoisotopic (exact) mass is 604 g/mol. The number of nitrogens with one attached hydrogen (secondary N) is 1. The van der Waals surface area contributed by atoms with Gasteiger partial charge in [0.2, 0.25) is 10.8 Å². The van der Waals surface area contributed by atoms with Crippen LogP contribution in [0.4, 0.5) is 19.3 Å². The average molecular weight is 605 g/mol. The number of benzene rings is 1. The van der Waals surface area contributed by atoms with Gasteiger partial charge in [-0.15, -0.1) is 0 Å². The molecule has 0 unspecified atom stereocenters. The van der Waals surface area contributed by atoms with Gasteiger partial charge in [0.05, 0.1) is 19.0 Å². The van der Waals surface area contributed by atoms with Crippen molar-refractivity contribution in [3.8, 4) is 16.5 Å². The first-order valence-corrected chi connectivity index (χ1v) is 14.7. The van der Waals surface area contributed by atoms with Gasteiger partial charge in [0, 0.05) is 30.9 Å². The van der Waals surface area contributed by atoms with Crippen LogP contribution in [-0.2, 0) is 14.8 Å². The highest BCUT2D eigenvalue weighted by atomic mass is 32.2. The van der Waals surface area contributed by atoms with E-state index in [0.29, 0.717) is 41.1 Å². The van der Waals surface area contributed by atoms with E-state index in [-0.39, 0.29) is 17.7 Å². The van der Waals surface area contributed by atoms with Crippen LogP contribution in [-0.4, -0.2) is 64.8 Å². The summed E-state index contributed by atoms with van der Waals surface area (Å²) in [7, 11) is -3.12. The number of pyridine rings is 1. The zero-order chi connectivity index (χ0) is 29.5. The molecule has 3 aromatic heterocycles. The molecule has 0 aliphatic carbocycles. The zero-order valence-electron chi connectivity index (χ0n) is 22.5. The third-order valence-corrected chi connectivity index (χ3v) is 8.32. The smallest absolute Gasteiger partial charge is 0.410 e. The average Bonchev–Trinajstić information content (AvgIpc) is 3.47. The summed E-state index contributed by atoms with van der Waals surface area (Å²) in [5.74, 6) is -2.18. The van der Waals surface area contributed by atoms with Gasteiger partial charge in [0.1, 0.15) is 32.8 Å². The van der Waals surface area contributed by atoms with Crippen molar-refractivity contribution < 1.29 is 31.5 Å². The molecule has 4 aromatic rings. The van der Waals surface area contributed by atoms with E-state index < -0.39 is 32.2 Å². The molecule has 15 heteroatoms. The Morgan fingerprint density at radius 1 is 1.20 bits per heavy atom. The number of halogens is 2. The minimum Gasteiger partial charge on any atom is -0.480 e. The van der Waals surface area contributed by atoms with Crippen molar-refractivity contribution in [2.75, 3.05) is 24.9 Å². The van der Waals surface area contributed by atoms with Crippen molar-refractivity contribution in [3.63, 3.8) is 0 Å². The molecule has 216 valence electrons. The molecular weight excluding hydrogens is 578 g/mol. The summed E-state index contributed by atoms with van der Waals surface area (Å²) in [4.78, 5) is 22.7. The van der Waals surface area contributed by atoms with Crippen molar-refractivity contribution in [1.29, 1.82) is 0 Å². The second-order valence-corrected chi connectivity index (χ2v) is 12.7. The van der Waals surface area contributed by atoms with E-state index in [1.165, 1.54) is 30.7 Å². The number of amides is 1. The lowest BCUT2D eigenvalue weighted by Crippen LogP contribution is -2.39. The molecule has 11 nitrogen and oxygen atoms in total. The molecule has 0 radical (unpaired) electrons. The Balaban J connectivity index is 1.36. The standard InChI is InChI=1S/C26H26F2N6O5S2/c1-26(2,3)39-25(35)33-9-7-15(8-10-33)20-14-34-24(30-20)40-23(31-34)16-11-19(22(38-4)29-13-16)32-41(36,37)21-6-5-17(27)12-18(21)28/h5-7,11-14,32H,8-10H2,1-4H3. The molecule has 0 bridgehead atoms. The Morgan fingerprint density at radius 2 is 1.98 bits per heavy atom. The Bertz CT molecular complexity index is 1750. The molecule has 1 N–H and O–H groups in total. The minimum atomic E-state index is -4.43. The van der Waals surface area contributed by atoms with Crippen LogP contribution in [0.5, 0.6) is 5.88 Å². The third-order valence-electron chi connectivity index (χ3n) is 5.95. The Morgan fingerprint density at radius 3 is 2.61 bits per heavy atom. The SMILES string of the molecule is COc1ncc(-c2nn3cc(C4=CCN(C(=O)OC(C)(C)C)CC4)nc3s2)cc1NS(=O)(=O)c1ccc(F)cc1F. The summed E-state index contributed by atoms with van der Waals surface area (Å²) < 4.78 is 67.6. The number of hydrogen-bond donors (Lipinski definition) is 1. The summed E-state index contributed by atoms with van der Waals surface area (Å²) in [6.07, 6.45) is 5.43. The van der Waals surface area contributed by atoms with E-state index in [9.17, 15) is 22.0 Å². The van der Waals surface area contributed by atoms with Crippen LogP contribution < -0.4 is 9.46 Å². The van der Waals surface area contributed by atoms with Crippen LogP contribution in [0.3, 0.4) is 0 Å². The van der Waals surface area contributed by atoms with Gasteiger partial charge in [-0.2, -0.15) is 5.10 Å². The van der Waals surface area contributed by atoms with Crippen LogP contribution in [0.2, 0.25) is 0 Å². The third kappa shape index (κ3) is 6.15.